The van der Waals surface area contributed by atoms with Gasteiger partial charge in [-0.3, -0.25) is 14.6 Å². The molecule has 0 aromatic carbocycles. The van der Waals surface area contributed by atoms with E-state index in [0.29, 0.717) is 18.8 Å². The van der Waals surface area contributed by atoms with Crippen LogP contribution in [0, 0.1) is 5.92 Å². The maximum Gasteiger partial charge on any atom is 0.222 e. The molecule has 2 fully saturated rings. The summed E-state index contributed by atoms with van der Waals surface area (Å²) in [4.78, 5) is 30.5. The molecule has 2 aliphatic rings. The van der Waals surface area contributed by atoms with Gasteiger partial charge in [-0.15, -0.1) is 0 Å². The maximum absolute atomic E-state index is 12.3. The minimum Gasteiger partial charge on any atom is -0.353 e. The van der Waals surface area contributed by atoms with E-state index in [4.69, 9.17) is 0 Å². The number of nitrogens with one attached hydrogen (secondary N) is 1. The van der Waals surface area contributed by atoms with E-state index in [2.05, 4.69) is 10.3 Å². The Morgan fingerprint density at radius 3 is 2.60 bits per heavy atom. The normalized spacial score (nSPS) is 19.1. The Kier molecular flexibility index (Phi) is 6.42. The second-order valence-corrected chi connectivity index (χ2v) is 7.44. The molecule has 136 valence electrons. The number of hydrogen-bond acceptors (Lipinski definition) is 3. The van der Waals surface area contributed by atoms with Crippen LogP contribution in [0.2, 0.25) is 0 Å². The zero-order chi connectivity index (χ0) is 17.5. The Morgan fingerprint density at radius 1 is 1.16 bits per heavy atom. The summed E-state index contributed by atoms with van der Waals surface area (Å²) in [6, 6.07) is 4.14. The van der Waals surface area contributed by atoms with Crippen LogP contribution in [0.5, 0.6) is 0 Å². The van der Waals surface area contributed by atoms with Gasteiger partial charge in [-0.05, 0) is 49.7 Å². The molecular formula is C20H29N3O2. The van der Waals surface area contributed by atoms with Crippen LogP contribution in [0.1, 0.15) is 56.9 Å². The molecule has 1 aliphatic heterocycles. The smallest absolute Gasteiger partial charge is 0.222 e. The van der Waals surface area contributed by atoms with Gasteiger partial charge in [0.25, 0.3) is 0 Å². The second kappa shape index (κ2) is 8.97. The monoisotopic (exact) mass is 343 g/mol. The molecular weight excluding hydrogens is 314 g/mol. The fourth-order valence-electron chi connectivity index (χ4n) is 3.99. The molecule has 0 bridgehead atoms. The van der Waals surface area contributed by atoms with Crippen LogP contribution in [0.15, 0.2) is 24.5 Å². The highest BCUT2D eigenvalue weighted by atomic mass is 16.2. The van der Waals surface area contributed by atoms with Gasteiger partial charge in [-0.1, -0.05) is 18.9 Å². The number of nitrogens with zero attached hydrogens (tertiary/aromatic N) is 2. The number of amides is 2. The fourth-order valence-corrected chi connectivity index (χ4v) is 3.99. The van der Waals surface area contributed by atoms with Crippen LogP contribution in [-0.2, 0) is 16.0 Å². The number of carbonyl (C=O) groups excluding carboxylic acids is 2. The number of carbonyl (C=O) groups is 2. The van der Waals surface area contributed by atoms with Gasteiger partial charge < -0.3 is 10.2 Å². The number of hydrogen-bond donors (Lipinski definition) is 1. The van der Waals surface area contributed by atoms with E-state index in [9.17, 15) is 9.59 Å². The minimum absolute atomic E-state index is 0.202. The first kappa shape index (κ1) is 17.9. The van der Waals surface area contributed by atoms with Crippen molar-refractivity contribution in [3.05, 3.63) is 30.1 Å². The van der Waals surface area contributed by atoms with Gasteiger partial charge >= 0.3 is 0 Å². The lowest BCUT2D eigenvalue weighted by Crippen LogP contribution is -2.46. The van der Waals surface area contributed by atoms with Crippen molar-refractivity contribution in [2.45, 2.75) is 63.8 Å². The third kappa shape index (κ3) is 5.55. The minimum atomic E-state index is 0.202. The first-order valence-corrected chi connectivity index (χ1v) is 9.67. The van der Waals surface area contributed by atoms with Gasteiger partial charge in [0.05, 0.1) is 0 Å². The summed E-state index contributed by atoms with van der Waals surface area (Å²) in [7, 11) is 0. The Bertz CT molecular complexity index is 562. The number of aryl methyl sites for hydroxylation is 1. The Hall–Kier alpha value is -1.91. The van der Waals surface area contributed by atoms with Crippen LogP contribution in [-0.4, -0.2) is 40.8 Å². The third-order valence-corrected chi connectivity index (χ3v) is 5.51. The van der Waals surface area contributed by atoms with Crippen LogP contribution in [0.4, 0.5) is 0 Å². The summed E-state index contributed by atoms with van der Waals surface area (Å²) in [5.41, 5.74) is 1.10. The molecule has 0 spiro atoms. The molecule has 1 N–H and O–H groups in total. The van der Waals surface area contributed by atoms with Gasteiger partial charge in [-0.2, -0.15) is 0 Å². The Balaban J connectivity index is 1.34. The lowest BCUT2D eigenvalue weighted by atomic mass is 10.0. The third-order valence-electron chi connectivity index (χ3n) is 5.51. The van der Waals surface area contributed by atoms with E-state index in [1.54, 1.807) is 6.20 Å². The average Bonchev–Trinajstić information content (AvgIpc) is 3.14. The standard InChI is InChI=1S/C20H29N3O2/c24-19(14-16-4-1-2-5-16)22-18-9-12-23(13-10-18)20(25)8-7-17-6-3-11-21-15-17/h3,6,11,15-16,18H,1-2,4-5,7-10,12-14H2,(H,22,24). The number of pyridine rings is 1. The lowest BCUT2D eigenvalue weighted by Gasteiger charge is -2.32. The van der Waals surface area contributed by atoms with Crippen molar-refractivity contribution in [2.24, 2.45) is 5.92 Å². The molecule has 0 radical (unpaired) electrons. The van der Waals surface area contributed by atoms with Crippen molar-refractivity contribution < 1.29 is 9.59 Å². The molecule has 0 unspecified atom stereocenters. The average molecular weight is 343 g/mol. The molecule has 25 heavy (non-hydrogen) atoms. The fraction of sp³-hybridized carbons (Fsp3) is 0.650. The molecule has 0 atom stereocenters. The SMILES string of the molecule is O=C(CC1CCCC1)NC1CCN(C(=O)CCc2cccnc2)CC1. The quantitative estimate of drug-likeness (QED) is 0.864. The van der Waals surface area contributed by atoms with Gasteiger partial charge in [0.1, 0.15) is 0 Å². The van der Waals surface area contributed by atoms with Crippen molar-refractivity contribution in [1.29, 1.82) is 0 Å². The summed E-state index contributed by atoms with van der Waals surface area (Å²) in [5, 5.41) is 3.18. The molecule has 5 heteroatoms. The first-order valence-electron chi connectivity index (χ1n) is 9.67. The molecule has 1 aromatic heterocycles. The van der Waals surface area contributed by atoms with Gasteiger partial charge in [0.15, 0.2) is 0 Å². The van der Waals surface area contributed by atoms with Crippen molar-refractivity contribution in [1.82, 2.24) is 15.2 Å². The van der Waals surface area contributed by atoms with Gasteiger partial charge in [0.2, 0.25) is 11.8 Å². The van der Waals surface area contributed by atoms with Crippen LogP contribution >= 0.6 is 0 Å². The van der Waals surface area contributed by atoms with E-state index in [1.165, 1.54) is 25.7 Å². The van der Waals surface area contributed by atoms with Crippen LogP contribution < -0.4 is 5.32 Å². The molecule has 3 rings (SSSR count). The van der Waals surface area contributed by atoms with Crippen molar-refractivity contribution in [3.63, 3.8) is 0 Å². The lowest BCUT2D eigenvalue weighted by molar-refractivity contribution is -0.132. The summed E-state index contributed by atoms with van der Waals surface area (Å²) in [6.45, 7) is 1.50. The predicted octanol–water partition coefficient (Wildman–Crippen LogP) is 2.70. The zero-order valence-electron chi connectivity index (χ0n) is 15.0. The van der Waals surface area contributed by atoms with Crippen LogP contribution in [0.25, 0.3) is 0 Å². The summed E-state index contributed by atoms with van der Waals surface area (Å²) < 4.78 is 0. The first-order chi connectivity index (χ1) is 12.2. The molecule has 1 aliphatic carbocycles. The molecule has 5 nitrogen and oxygen atoms in total. The van der Waals surface area contributed by atoms with E-state index in [-0.39, 0.29) is 17.9 Å². The molecule has 1 saturated heterocycles. The molecule has 2 amide bonds. The summed E-state index contributed by atoms with van der Waals surface area (Å²) in [6.07, 6.45) is 12.2. The van der Waals surface area contributed by atoms with E-state index in [0.717, 1.165) is 37.9 Å². The van der Waals surface area contributed by atoms with Gasteiger partial charge in [0, 0.05) is 44.4 Å². The second-order valence-electron chi connectivity index (χ2n) is 7.44. The molecule has 2 heterocycles. The predicted molar refractivity (Wildman–Crippen MR) is 96.9 cm³/mol. The molecule has 1 aromatic rings. The highest BCUT2D eigenvalue weighted by molar-refractivity contribution is 5.77. The van der Waals surface area contributed by atoms with E-state index in [1.807, 2.05) is 23.2 Å². The van der Waals surface area contributed by atoms with Crippen molar-refractivity contribution in [3.8, 4) is 0 Å². The van der Waals surface area contributed by atoms with E-state index < -0.39 is 0 Å². The van der Waals surface area contributed by atoms with Crippen molar-refractivity contribution in [2.75, 3.05) is 13.1 Å². The largest absolute Gasteiger partial charge is 0.353 e. The summed E-state index contributed by atoms with van der Waals surface area (Å²) >= 11 is 0. The number of likely N-dealkylation sites (tertiary alicyclic amines) is 1. The zero-order valence-corrected chi connectivity index (χ0v) is 15.0. The highest BCUT2D eigenvalue weighted by Gasteiger charge is 2.25. The highest BCUT2D eigenvalue weighted by Crippen LogP contribution is 2.27. The Morgan fingerprint density at radius 2 is 1.92 bits per heavy atom. The molecule has 1 saturated carbocycles. The number of piperidine rings is 1. The van der Waals surface area contributed by atoms with Gasteiger partial charge in [-0.25, -0.2) is 0 Å². The maximum atomic E-state index is 12.3. The number of aromatic nitrogens is 1. The Labute approximate surface area is 150 Å². The van der Waals surface area contributed by atoms with Crippen molar-refractivity contribution >= 4 is 11.8 Å². The number of rotatable bonds is 6. The van der Waals surface area contributed by atoms with E-state index >= 15 is 0 Å². The summed E-state index contributed by atoms with van der Waals surface area (Å²) in [5.74, 6) is 1.00. The topological polar surface area (TPSA) is 62.3 Å². The van der Waals surface area contributed by atoms with Crippen LogP contribution in [0.3, 0.4) is 0 Å².